The quantitative estimate of drug-likeness (QED) is 0.618. The molecule has 0 aliphatic carbocycles. The monoisotopic (exact) mass is 412 g/mol. The van der Waals surface area contributed by atoms with Gasteiger partial charge >= 0.3 is 0 Å². The van der Waals surface area contributed by atoms with E-state index in [4.69, 9.17) is 4.42 Å². The molecule has 9 heteroatoms. The van der Waals surface area contributed by atoms with Crippen LogP contribution in [-0.2, 0) is 24.8 Å². The Balaban J connectivity index is 1.24. The maximum atomic E-state index is 13.0. The molecule has 1 aromatic carbocycles. The first kappa shape index (κ1) is 20.2. The summed E-state index contributed by atoms with van der Waals surface area (Å²) in [6.07, 6.45) is 0.752. The highest BCUT2D eigenvalue weighted by Gasteiger charge is 2.22. The van der Waals surface area contributed by atoms with Crippen LogP contribution in [0.1, 0.15) is 23.6 Å². The number of aryl methyl sites for hydroxylation is 3. The first-order valence-electron chi connectivity index (χ1n) is 10.1. The normalized spacial score (nSPS) is 15.0. The Kier molecular flexibility index (Phi) is 5.89. The molecule has 1 aliphatic heterocycles. The van der Waals surface area contributed by atoms with Gasteiger partial charge in [0, 0.05) is 52.6 Å². The molecule has 1 aliphatic rings. The van der Waals surface area contributed by atoms with E-state index in [2.05, 4.69) is 20.2 Å². The number of hydrogen-bond acceptors (Lipinski definition) is 6. The number of aromatic nitrogens is 4. The number of rotatable bonds is 6. The number of piperazine rings is 1. The van der Waals surface area contributed by atoms with Crippen molar-refractivity contribution >= 4 is 5.91 Å². The van der Waals surface area contributed by atoms with Crippen LogP contribution >= 0.6 is 0 Å². The van der Waals surface area contributed by atoms with Gasteiger partial charge in [0.25, 0.3) is 5.89 Å². The second-order valence-corrected chi connectivity index (χ2v) is 7.58. The van der Waals surface area contributed by atoms with Crippen LogP contribution in [0.5, 0.6) is 0 Å². The van der Waals surface area contributed by atoms with Gasteiger partial charge in [-0.1, -0.05) is 12.1 Å². The van der Waals surface area contributed by atoms with Crippen LogP contribution in [0.3, 0.4) is 0 Å². The average molecular weight is 412 g/mol. The van der Waals surface area contributed by atoms with Crippen molar-refractivity contribution in [2.45, 2.75) is 26.3 Å². The summed E-state index contributed by atoms with van der Waals surface area (Å²) in [7, 11) is 1.82. The first-order valence-corrected chi connectivity index (χ1v) is 10.1. The van der Waals surface area contributed by atoms with Crippen LogP contribution in [-0.4, -0.2) is 61.9 Å². The van der Waals surface area contributed by atoms with Crippen LogP contribution in [0.4, 0.5) is 4.39 Å². The van der Waals surface area contributed by atoms with E-state index in [1.165, 1.54) is 12.1 Å². The van der Waals surface area contributed by atoms with Crippen molar-refractivity contribution in [3.05, 3.63) is 53.3 Å². The van der Waals surface area contributed by atoms with Gasteiger partial charge in [-0.2, -0.15) is 5.10 Å². The summed E-state index contributed by atoms with van der Waals surface area (Å²) < 4.78 is 20.4. The summed E-state index contributed by atoms with van der Waals surface area (Å²) in [5, 5.41) is 12.4. The number of nitrogens with zero attached hydrogens (tertiary/aromatic N) is 6. The van der Waals surface area contributed by atoms with Crippen LogP contribution in [0.25, 0.3) is 11.6 Å². The maximum Gasteiger partial charge on any atom is 0.265 e. The molecule has 3 heterocycles. The molecule has 0 spiro atoms. The van der Waals surface area contributed by atoms with Gasteiger partial charge in [0.15, 0.2) is 0 Å². The SMILES string of the molecule is Cc1cc(-c2nnc(CCC(=O)N3CCN(Cc4ccc(F)cc4)CC3)o2)n(C)n1. The fraction of sp³-hybridized carbons (Fsp3) is 0.429. The van der Waals surface area contributed by atoms with E-state index in [1.807, 2.05) is 24.9 Å². The van der Waals surface area contributed by atoms with Crippen LogP contribution < -0.4 is 0 Å². The maximum absolute atomic E-state index is 13.0. The third kappa shape index (κ3) is 4.73. The summed E-state index contributed by atoms with van der Waals surface area (Å²) in [6, 6.07) is 8.45. The number of amides is 1. The lowest BCUT2D eigenvalue weighted by Crippen LogP contribution is -2.48. The molecule has 1 amide bonds. The minimum atomic E-state index is -0.224. The van der Waals surface area contributed by atoms with Gasteiger partial charge in [0.2, 0.25) is 11.8 Å². The lowest BCUT2D eigenvalue weighted by Gasteiger charge is -2.34. The molecule has 1 saturated heterocycles. The summed E-state index contributed by atoms with van der Waals surface area (Å²) in [5.41, 5.74) is 2.71. The number of hydrogen-bond donors (Lipinski definition) is 0. The van der Waals surface area contributed by atoms with Gasteiger partial charge in [-0.05, 0) is 30.7 Å². The highest BCUT2D eigenvalue weighted by atomic mass is 19.1. The van der Waals surface area contributed by atoms with Gasteiger partial charge in [0.1, 0.15) is 11.5 Å². The molecule has 3 aromatic rings. The third-order valence-electron chi connectivity index (χ3n) is 5.29. The number of benzene rings is 1. The standard InChI is InChI=1S/C21H25FN6O2/c1-15-13-18(26(2)25-15)21-24-23-19(30-21)7-8-20(29)28-11-9-27(10-12-28)14-16-3-5-17(22)6-4-16/h3-6,13H,7-12,14H2,1-2H3. The third-order valence-corrected chi connectivity index (χ3v) is 5.29. The van der Waals surface area contributed by atoms with E-state index in [0.29, 0.717) is 37.7 Å². The molecule has 0 radical (unpaired) electrons. The highest BCUT2D eigenvalue weighted by Crippen LogP contribution is 2.19. The van der Waals surface area contributed by atoms with Crippen molar-refractivity contribution in [3.8, 4) is 11.6 Å². The Bertz CT molecular complexity index is 1000. The Morgan fingerprint density at radius 2 is 1.87 bits per heavy atom. The van der Waals surface area contributed by atoms with E-state index >= 15 is 0 Å². The fourth-order valence-electron chi connectivity index (χ4n) is 3.64. The zero-order chi connectivity index (χ0) is 21.1. The lowest BCUT2D eigenvalue weighted by atomic mass is 10.2. The van der Waals surface area contributed by atoms with E-state index in [1.54, 1.807) is 16.8 Å². The van der Waals surface area contributed by atoms with E-state index in [0.717, 1.165) is 36.6 Å². The van der Waals surface area contributed by atoms with Crippen molar-refractivity contribution in [1.29, 1.82) is 0 Å². The Morgan fingerprint density at radius 3 is 2.53 bits per heavy atom. The highest BCUT2D eigenvalue weighted by molar-refractivity contribution is 5.76. The average Bonchev–Trinajstić information content (AvgIpc) is 3.34. The zero-order valence-electron chi connectivity index (χ0n) is 17.2. The van der Waals surface area contributed by atoms with Gasteiger partial charge < -0.3 is 9.32 Å². The molecule has 30 heavy (non-hydrogen) atoms. The largest absolute Gasteiger partial charge is 0.419 e. The van der Waals surface area contributed by atoms with Gasteiger partial charge in [-0.25, -0.2) is 4.39 Å². The lowest BCUT2D eigenvalue weighted by molar-refractivity contribution is -0.133. The molecule has 0 N–H and O–H groups in total. The number of halogens is 1. The molecule has 0 bridgehead atoms. The van der Waals surface area contributed by atoms with Crippen LogP contribution in [0.15, 0.2) is 34.7 Å². The summed E-state index contributed by atoms with van der Waals surface area (Å²) in [6.45, 7) is 5.63. The summed E-state index contributed by atoms with van der Waals surface area (Å²) in [5.74, 6) is 0.729. The summed E-state index contributed by atoms with van der Waals surface area (Å²) >= 11 is 0. The molecule has 0 saturated carbocycles. The van der Waals surface area contributed by atoms with E-state index < -0.39 is 0 Å². The van der Waals surface area contributed by atoms with Gasteiger partial charge in [-0.3, -0.25) is 14.4 Å². The van der Waals surface area contributed by atoms with Gasteiger partial charge in [0.05, 0.1) is 5.69 Å². The first-order chi connectivity index (χ1) is 14.5. The van der Waals surface area contributed by atoms with Crippen molar-refractivity contribution in [2.24, 2.45) is 7.05 Å². The summed E-state index contributed by atoms with van der Waals surface area (Å²) in [4.78, 5) is 16.7. The minimum Gasteiger partial charge on any atom is -0.419 e. The van der Waals surface area contributed by atoms with Crippen LogP contribution in [0, 0.1) is 12.7 Å². The van der Waals surface area contributed by atoms with Gasteiger partial charge in [-0.15, -0.1) is 10.2 Å². The molecule has 1 fully saturated rings. The molecular weight excluding hydrogens is 387 g/mol. The molecular formula is C21H25FN6O2. The predicted molar refractivity (Wildman–Crippen MR) is 108 cm³/mol. The molecule has 158 valence electrons. The predicted octanol–water partition coefficient (Wildman–Crippen LogP) is 2.19. The minimum absolute atomic E-state index is 0.0903. The fourth-order valence-corrected chi connectivity index (χ4v) is 3.64. The van der Waals surface area contributed by atoms with E-state index in [-0.39, 0.29) is 11.7 Å². The zero-order valence-corrected chi connectivity index (χ0v) is 17.2. The Morgan fingerprint density at radius 1 is 1.13 bits per heavy atom. The molecule has 8 nitrogen and oxygen atoms in total. The Labute approximate surface area is 174 Å². The molecule has 4 rings (SSSR count). The number of carbonyl (C=O) groups excluding carboxylic acids is 1. The number of carbonyl (C=O) groups is 1. The van der Waals surface area contributed by atoms with Crippen molar-refractivity contribution < 1.29 is 13.6 Å². The molecule has 2 aromatic heterocycles. The van der Waals surface area contributed by atoms with Crippen LogP contribution in [0.2, 0.25) is 0 Å². The molecule has 0 unspecified atom stereocenters. The van der Waals surface area contributed by atoms with Crippen molar-refractivity contribution in [3.63, 3.8) is 0 Å². The smallest absolute Gasteiger partial charge is 0.265 e. The second-order valence-electron chi connectivity index (χ2n) is 7.58. The second kappa shape index (κ2) is 8.74. The van der Waals surface area contributed by atoms with Crippen molar-refractivity contribution in [1.82, 2.24) is 29.8 Å². The molecule has 0 atom stereocenters. The van der Waals surface area contributed by atoms with Crippen molar-refractivity contribution in [2.75, 3.05) is 26.2 Å². The Hall–Kier alpha value is -3.07. The van der Waals surface area contributed by atoms with E-state index in [9.17, 15) is 9.18 Å². The topological polar surface area (TPSA) is 80.3 Å².